The molecule has 0 amide bonds. The van der Waals surface area contributed by atoms with E-state index < -0.39 is 0 Å². The molecule has 0 aromatic rings. The van der Waals surface area contributed by atoms with E-state index in [4.69, 9.17) is 0 Å². The first kappa shape index (κ1) is 32.9. The van der Waals surface area contributed by atoms with Crippen LogP contribution in [0.2, 0.25) is 0 Å². The summed E-state index contributed by atoms with van der Waals surface area (Å²) >= 11 is 0. The van der Waals surface area contributed by atoms with E-state index in [1.807, 2.05) is 0 Å². The maximum Gasteiger partial charge on any atom is 0.0110 e. The van der Waals surface area contributed by atoms with E-state index in [0.717, 1.165) is 0 Å². The molecule has 35 heavy (non-hydrogen) atoms. The molecule has 1 rings (SSSR count). The van der Waals surface area contributed by atoms with Crippen LogP contribution in [0.4, 0.5) is 0 Å². The number of hydrogen-bond donors (Lipinski definition) is 0. The lowest BCUT2D eigenvalue weighted by molar-refractivity contribution is 0.126. The second-order valence-electron chi connectivity index (χ2n) is 11.5. The molecule has 1 saturated heterocycles. The lowest BCUT2D eigenvalue weighted by atomic mass is 10.1. The predicted octanol–water partition coefficient (Wildman–Crippen LogP) is 8.77. The van der Waals surface area contributed by atoms with Crippen LogP contribution >= 0.6 is 0 Å². The van der Waals surface area contributed by atoms with E-state index in [1.54, 1.807) is 0 Å². The molecule has 0 aromatic heterocycles. The predicted molar refractivity (Wildman–Crippen MR) is 159 cm³/mol. The molecule has 1 fully saturated rings. The number of hydrogen-bond acceptors (Lipinski definition) is 3. The first-order chi connectivity index (χ1) is 17.3. The summed E-state index contributed by atoms with van der Waals surface area (Å²) in [4.78, 5) is 8.20. The van der Waals surface area contributed by atoms with Crippen molar-refractivity contribution in [1.82, 2.24) is 14.7 Å². The summed E-state index contributed by atoms with van der Waals surface area (Å²) in [5.41, 5.74) is 0. The highest BCUT2D eigenvalue weighted by atomic mass is 15.3. The average molecular weight is 494 g/mol. The van der Waals surface area contributed by atoms with E-state index in [1.165, 1.54) is 187 Å². The van der Waals surface area contributed by atoms with Crippen LogP contribution in [0.5, 0.6) is 0 Å². The van der Waals surface area contributed by atoms with Gasteiger partial charge in [0, 0.05) is 26.2 Å². The molecule has 3 nitrogen and oxygen atoms in total. The largest absolute Gasteiger partial charge is 0.303 e. The Morgan fingerprint density at radius 1 is 0.371 bits per heavy atom. The monoisotopic (exact) mass is 494 g/mol. The van der Waals surface area contributed by atoms with Gasteiger partial charge in [-0.1, -0.05) is 124 Å². The topological polar surface area (TPSA) is 9.72 Å². The summed E-state index contributed by atoms with van der Waals surface area (Å²) in [6.45, 7) is 18.7. The molecule has 0 bridgehead atoms. The Bertz CT molecular complexity index is 406. The van der Waals surface area contributed by atoms with Gasteiger partial charge in [-0.25, -0.2) is 0 Å². The average Bonchev–Trinajstić information content (AvgIpc) is 2.87. The fraction of sp³-hybridized carbons (Fsp3) is 1.00. The molecule has 210 valence electrons. The van der Waals surface area contributed by atoms with Gasteiger partial charge in [-0.05, 0) is 58.4 Å². The summed E-state index contributed by atoms with van der Waals surface area (Å²) in [7, 11) is 0. The van der Waals surface area contributed by atoms with Gasteiger partial charge in [-0.3, -0.25) is 0 Å². The zero-order valence-corrected chi connectivity index (χ0v) is 24.8. The molecule has 0 aromatic carbocycles. The third-order valence-corrected chi connectivity index (χ3v) is 8.11. The molecule has 0 N–H and O–H groups in total. The summed E-state index contributed by atoms with van der Waals surface area (Å²) in [6, 6.07) is 0. The summed E-state index contributed by atoms with van der Waals surface area (Å²) in [5, 5.41) is 0. The minimum atomic E-state index is 1.29. The van der Waals surface area contributed by atoms with Crippen LogP contribution in [-0.2, 0) is 0 Å². The van der Waals surface area contributed by atoms with Gasteiger partial charge in [-0.2, -0.15) is 0 Å². The first-order valence-corrected chi connectivity index (χ1v) is 16.5. The number of unbranched alkanes of at least 4 members (excludes halogenated alkanes) is 16. The second-order valence-corrected chi connectivity index (χ2v) is 11.5. The van der Waals surface area contributed by atoms with Crippen LogP contribution in [-0.4, -0.2) is 73.6 Å². The summed E-state index contributed by atoms with van der Waals surface area (Å²) in [6.07, 6.45) is 28.6. The van der Waals surface area contributed by atoms with E-state index in [-0.39, 0.29) is 0 Å². The van der Waals surface area contributed by atoms with Crippen molar-refractivity contribution < 1.29 is 0 Å². The minimum Gasteiger partial charge on any atom is -0.303 e. The maximum atomic E-state index is 2.83. The number of piperazine rings is 1. The highest BCUT2D eigenvalue weighted by Gasteiger charge is 2.16. The first-order valence-electron chi connectivity index (χ1n) is 16.5. The Morgan fingerprint density at radius 2 is 0.714 bits per heavy atom. The molecule has 0 atom stereocenters. The third kappa shape index (κ3) is 20.6. The molecule has 0 spiro atoms. The van der Waals surface area contributed by atoms with Crippen LogP contribution in [0, 0.1) is 0 Å². The van der Waals surface area contributed by atoms with E-state index in [0.29, 0.717) is 0 Å². The highest BCUT2D eigenvalue weighted by molar-refractivity contribution is 4.72. The molecule has 1 heterocycles. The molecule has 1 aliphatic heterocycles. The van der Waals surface area contributed by atoms with Gasteiger partial charge in [0.2, 0.25) is 0 Å². The quantitative estimate of drug-likeness (QED) is 0.111. The summed E-state index contributed by atoms with van der Waals surface area (Å²) < 4.78 is 0. The minimum absolute atomic E-state index is 1.29. The van der Waals surface area contributed by atoms with Gasteiger partial charge < -0.3 is 14.7 Å². The van der Waals surface area contributed by atoms with Crippen molar-refractivity contribution in [2.24, 2.45) is 0 Å². The zero-order chi connectivity index (χ0) is 25.2. The lowest BCUT2D eigenvalue weighted by Gasteiger charge is -2.35. The molecular weight excluding hydrogens is 426 g/mol. The SMILES string of the molecule is CCCCCCCCCCCCN(CCCCCCCCCC)CCCN1CCN(CCC)CC1. The molecule has 0 aliphatic carbocycles. The van der Waals surface area contributed by atoms with Crippen LogP contribution in [0.1, 0.15) is 149 Å². The maximum absolute atomic E-state index is 2.83. The Hall–Kier alpha value is -0.120. The second kappa shape index (κ2) is 25.5. The van der Waals surface area contributed by atoms with E-state index in [2.05, 4.69) is 35.5 Å². The van der Waals surface area contributed by atoms with Crippen LogP contribution in [0.3, 0.4) is 0 Å². The van der Waals surface area contributed by atoms with E-state index >= 15 is 0 Å². The van der Waals surface area contributed by atoms with Crippen molar-refractivity contribution in [1.29, 1.82) is 0 Å². The Balaban J connectivity index is 2.16. The Kier molecular flexibility index (Phi) is 24.0. The van der Waals surface area contributed by atoms with Gasteiger partial charge in [-0.15, -0.1) is 0 Å². The number of rotatable bonds is 26. The van der Waals surface area contributed by atoms with Crippen molar-refractivity contribution in [3.05, 3.63) is 0 Å². The van der Waals surface area contributed by atoms with E-state index in [9.17, 15) is 0 Å². The van der Waals surface area contributed by atoms with Crippen molar-refractivity contribution in [3.8, 4) is 0 Å². The fourth-order valence-electron chi connectivity index (χ4n) is 5.70. The van der Waals surface area contributed by atoms with Gasteiger partial charge in [0.25, 0.3) is 0 Å². The standard InChI is InChI=1S/C32H67N3/c1-4-7-9-11-13-15-16-18-20-22-26-34(25-21-19-17-14-12-10-8-5-2)27-23-28-35-31-29-33(24-6-3)30-32-35/h4-32H2,1-3H3. The van der Waals surface area contributed by atoms with Crippen LogP contribution < -0.4 is 0 Å². The molecule has 0 saturated carbocycles. The Morgan fingerprint density at radius 3 is 1.11 bits per heavy atom. The smallest absolute Gasteiger partial charge is 0.0110 e. The van der Waals surface area contributed by atoms with Crippen molar-refractivity contribution >= 4 is 0 Å². The molecule has 3 heteroatoms. The highest BCUT2D eigenvalue weighted by Crippen LogP contribution is 2.13. The molecule has 0 unspecified atom stereocenters. The fourth-order valence-corrected chi connectivity index (χ4v) is 5.70. The lowest BCUT2D eigenvalue weighted by Crippen LogP contribution is -2.47. The van der Waals surface area contributed by atoms with Crippen molar-refractivity contribution in [3.63, 3.8) is 0 Å². The third-order valence-electron chi connectivity index (χ3n) is 8.11. The zero-order valence-electron chi connectivity index (χ0n) is 24.8. The molecule has 0 radical (unpaired) electrons. The van der Waals surface area contributed by atoms with Gasteiger partial charge in [0.15, 0.2) is 0 Å². The Labute approximate surface area is 222 Å². The van der Waals surface area contributed by atoms with Crippen LogP contribution in [0.25, 0.3) is 0 Å². The van der Waals surface area contributed by atoms with Gasteiger partial charge >= 0.3 is 0 Å². The molecule has 1 aliphatic rings. The van der Waals surface area contributed by atoms with Crippen molar-refractivity contribution in [2.75, 3.05) is 58.9 Å². The normalized spacial score (nSPS) is 15.4. The van der Waals surface area contributed by atoms with Gasteiger partial charge in [0.1, 0.15) is 0 Å². The van der Waals surface area contributed by atoms with Gasteiger partial charge in [0.05, 0.1) is 0 Å². The molecular formula is C32H67N3. The van der Waals surface area contributed by atoms with Crippen LogP contribution in [0.15, 0.2) is 0 Å². The summed E-state index contributed by atoms with van der Waals surface area (Å²) in [5.74, 6) is 0. The van der Waals surface area contributed by atoms with Crippen molar-refractivity contribution in [2.45, 2.75) is 149 Å². The number of nitrogens with zero attached hydrogens (tertiary/aromatic N) is 3.